The number of hydrogen-bond acceptors (Lipinski definition) is 4. The minimum Gasteiger partial charge on any atom is -0.340 e. The molecule has 2 heterocycles. The highest BCUT2D eigenvalue weighted by molar-refractivity contribution is 9.10. The molecule has 2 aromatic heterocycles. The van der Waals surface area contributed by atoms with Crippen LogP contribution in [0, 0.1) is 6.92 Å². The van der Waals surface area contributed by atoms with E-state index in [4.69, 9.17) is 11.6 Å². The molecule has 1 N–H and O–H groups in total. The van der Waals surface area contributed by atoms with Gasteiger partial charge in [-0.25, -0.2) is 9.97 Å². The van der Waals surface area contributed by atoms with Crippen molar-refractivity contribution in [2.45, 2.75) is 6.92 Å². The Morgan fingerprint density at radius 2 is 2.00 bits per heavy atom. The van der Waals surface area contributed by atoms with E-state index in [1.54, 1.807) is 18.5 Å². The van der Waals surface area contributed by atoms with Gasteiger partial charge in [0.05, 0.1) is 0 Å². The average molecular weight is 376 g/mol. The second-order valence-electron chi connectivity index (χ2n) is 4.68. The first-order chi connectivity index (χ1) is 10.6. The van der Waals surface area contributed by atoms with Gasteiger partial charge in [-0.2, -0.15) is 0 Å². The molecular formula is C16H12BrClN4. The van der Waals surface area contributed by atoms with Crippen LogP contribution in [0.25, 0.3) is 11.4 Å². The average Bonchev–Trinajstić information content (AvgIpc) is 2.52. The first-order valence-corrected chi connectivity index (χ1v) is 7.78. The monoisotopic (exact) mass is 374 g/mol. The quantitative estimate of drug-likeness (QED) is 0.654. The molecule has 3 aromatic rings. The van der Waals surface area contributed by atoms with E-state index < -0.39 is 0 Å². The fourth-order valence-corrected chi connectivity index (χ4v) is 2.54. The van der Waals surface area contributed by atoms with Crippen molar-refractivity contribution in [3.63, 3.8) is 0 Å². The van der Waals surface area contributed by atoms with E-state index in [2.05, 4.69) is 36.2 Å². The minimum atomic E-state index is 0.379. The summed E-state index contributed by atoms with van der Waals surface area (Å²) in [7, 11) is 0. The van der Waals surface area contributed by atoms with Crippen LogP contribution in [-0.2, 0) is 0 Å². The summed E-state index contributed by atoms with van der Waals surface area (Å²) in [6.07, 6.45) is 3.41. The first-order valence-electron chi connectivity index (χ1n) is 6.60. The highest BCUT2D eigenvalue weighted by Crippen LogP contribution is 2.27. The summed E-state index contributed by atoms with van der Waals surface area (Å²) >= 11 is 9.63. The topological polar surface area (TPSA) is 50.7 Å². The standard InChI is InChI=1S/C16H12BrClN4/c1-10-12(17)5-2-6-13(10)20-15-8-14(18)21-16(22-15)11-4-3-7-19-9-11/h2-9H,1H3,(H,20,21,22). The van der Waals surface area contributed by atoms with Crippen LogP contribution in [0.3, 0.4) is 0 Å². The second kappa shape index (κ2) is 6.42. The molecular weight excluding hydrogens is 364 g/mol. The van der Waals surface area contributed by atoms with E-state index in [-0.39, 0.29) is 0 Å². The summed E-state index contributed by atoms with van der Waals surface area (Å²) in [5.41, 5.74) is 2.88. The highest BCUT2D eigenvalue weighted by Gasteiger charge is 2.08. The van der Waals surface area contributed by atoms with Crippen LogP contribution in [-0.4, -0.2) is 15.0 Å². The molecule has 0 bridgehead atoms. The number of anilines is 2. The molecule has 1 aromatic carbocycles. The van der Waals surface area contributed by atoms with E-state index in [0.717, 1.165) is 21.3 Å². The lowest BCUT2D eigenvalue weighted by atomic mass is 10.2. The molecule has 0 aliphatic heterocycles. The van der Waals surface area contributed by atoms with Crippen LogP contribution in [0.5, 0.6) is 0 Å². The van der Waals surface area contributed by atoms with Gasteiger partial charge in [0, 0.05) is 34.2 Å². The maximum absolute atomic E-state index is 6.12. The molecule has 0 spiro atoms. The summed E-state index contributed by atoms with van der Waals surface area (Å²) in [5, 5.41) is 3.66. The van der Waals surface area contributed by atoms with Crippen molar-refractivity contribution < 1.29 is 0 Å². The Morgan fingerprint density at radius 1 is 1.14 bits per heavy atom. The number of pyridine rings is 1. The maximum Gasteiger partial charge on any atom is 0.164 e. The highest BCUT2D eigenvalue weighted by atomic mass is 79.9. The molecule has 0 atom stereocenters. The summed E-state index contributed by atoms with van der Waals surface area (Å²) in [6, 6.07) is 11.4. The molecule has 0 saturated heterocycles. The fraction of sp³-hybridized carbons (Fsp3) is 0.0625. The smallest absolute Gasteiger partial charge is 0.164 e. The Labute approximate surface area is 141 Å². The molecule has 110 valence electrons. The molecule has 0 saturated carbocycles. The molecule has 3 rings (SSSR count). The number of benzene rings is 1. The van der Waals surface area contributed by atoms with E-state index in [1.165, 1.54) is 0 Å². The predicted molar refractivity (Wildman–Crippen MR) is 92.4 cm³/mol. The van der Waals surface area contributed by atoms with Gasteiger partial charge in [0.2, 0.25) is 0 Å². The van der Waals surface area contributed by atoms with Crippen LogP contribution < -0.4 is 5.32 Å². The van der Waals surface area contributed by atoms with Crippen LogP contribution in [0.4, 0.5) is 11.5 Å². The largest absolute Gasteiger partial charge is 0.340 e. The third-order valence-electron chi connectivity index (χ3n) is 3.15. The van der Waals surface area contributed by atoms with Crippen molar-refractivity contribution >= 4 is 39.0 Å². The van der Waals surface area contributed by atoms with Gasteiger partial charge >= 0.3 is 0 Å². The van der Waals surface area contributed by atoms with Crippen molar-refractivity contribution in [1.82, 2.24) is 15.0 Å². The molecule has 4 nitrogen and oxygen atoms in total. The summed E-state index contributed by atoms with van der Waals surface area (Å²) in [4.78, 5) is 12.8. The van der Waals surface area contributed by atoms with E-state index in [1.807, 2.05) is 37.3 Å². The summed E-state index contributed by atoms with van der Waals surface area (Å²) in [5.74, 6) is 1.18. The molecule has 0 amide bonds. The van der Waals surface area contributed by atoms with Crippen LogP contribution >= 0.6 is 27.5 Å². The predicted octanol–water partition coefficient (Wildman–Crippen LogP) is 5.01. The molecule has 6 heteroatoms. The van der Waals surface area contributed by atoms with Gasteiger partial charge in [0.15, 0.2) is 5.82 Å². The Kier molecular flexibility index (Phi) is 4.36. The lowest BCUT2D eigenvalue weighted by Crippen LogP contribution is -1.99. The zero-order valence-electron chi connectivity index (χ0n) is 11.7. The minimum absolute atomic E-state index is 0.379. The van der Waals surface area contributed by atoms with Crippen molar-refractivity contribution in [2.24, 2.45) is 0 Å². The maximum atomic E-state index is 6.12. The van der Waals surface area contributed by atoms with E-state index in [9.17, 15) is 0 Å². The Balaban J connectivity index is 1.98. The zero-order valence-corrected chi connectivity index (χ0v) is 14.1. The van der Waals surface area contributed by atoms with Gasteiger partial charge in [-0.05, 0) is 36.8 Å². The van der Waals surface area contributed by atoms with Gasteiger partial charge in [-0.3, -0.25) is 4.98 Å². The Morgan fingerprint density at radius 3 is 2.77 bits per heavy atom. The number of rotatable bonds is 3. The number of nitrogens with one attached hydrogen (secondary N) is 1. The first kappa shape index (κ1) is 14.9. The fourth-order valence-electron chi connectivity index (χ4n) is 1.99. The van der Waals surface area contributed by atoms with Gasteiger partial charge in [-0.15, -0.1) is 0 Å². The molecule has 0 radical (unpaired) electrons. The van der Waals surface area contributed by atoms with Crippen LogP contribution in [0.2, 0.25) is 5.15 Å². The van der Waals surface area contributed by atoms with Crippen LogP contribution in [0.1, 0.15) is 5.56 Å². The SMILES string of the molecule is Cc1c(Br)cccc1Nc1cc(Cl)nc(-c2cccnc2)n1. The number of aromatic nitrogens is 3. The summed E-state index contributed by atoms with van der Waals surface area (Å²) < 4.78 is 1.03. The van der Waals surface area contributed by atoms with Gasteiger partial charge in [0.25, 0.3) is 0 Å². The van der Waals surface area contributed by atoms with Crippen molar-refractivity contribution in [2.75, 3.05) is 5.32 Å². The van der Waals surface area contributed by atoms with Gasteiger partial charge in [0.1, 0.15) is 11.0 Å². The third kappa shape index (κ3) is 3.26. The van der Waals surface area contributed by atoms with E-state index in [0.29, 0.717) is 16.8 Å². The number of nitrogens with zero attached hydrogens (tertiary/aromatic N) is 3. The third-order valence-corrected chi connectivity index (χ3v) is 4.20. The number of halogens is 2. The van der Waals surface area contributed by atoms with Crippen molar-refractivity contribution in [3.8, 4) is 11.4 Å². The van der Waals surface area contributed by atoms with Crippen LogP contribution in [0.15, 0.2) is 53.3 Å². The lowest BCUT2D eigenvalue weighted by Gasteiger charge is -2.11. The second-order valence-corrected chi connectivity index (χ2v) is 5.92. The zero-order chi connectivity index (χ0) is 15.5. The van der Waals surface area contributed by atoms with Gasteiger partial charge < -0.3 is 5.32 Å². The molecule has 22 heavy (non-hydrogen) atoms. The lowest BCUT2D eigenvalue weighted by molar-refractivity contribution is 1.16. The molecule has 0 unspecified atom stereocenters. The Bertz CT molecular complexity index is 808. The molecule has 0 fully saturated rings. The van der Waals surface area contributed by atoms with E-state index >= 15 is 0 Å². The van der Waals surface area contributed by atoms with Gasteiger partial charge in [-0.1, -0.05) is 33.6 Å². The normalized spacial score (nSPS) is 10.5. The van der Waals surface area contributed by atoms with Crippen molar-refractivity contribution in [1.29, 1.82) is 0 Å². The number of hydrogen-bond donors (Lipinski definition) is 1. The summed E-state index contributed by atoms with van der Waals surface area (Å²) in [6.45, 7) is 2.03. The molecule has 0 aliphatic rings. The van der Waals surface area contributed by atoms with Crippen molar-refractivity contribution in [3.05, 3.63) is 64.0 Å². The Hall–Kier alpha value is -1.98. The molecule has 0 aliphatic carbocycles.